The molecule has 3 aromatic rings. The molecule has 5 heteroatoms. The second kappa shape index (κ2) is 6.97. The molecule has 1 saturated carbocycles. The molecule has 2 amide bonds. The van der Waals surface area contributed by atoms with E-state index in [9.17, 15) is 9.18 Å². The summed E-state index contributed by atoms with van der Waals surface area (Å²) in [6.45, 7) is 0.648. The van der Waals surface area contributed by atoms with Gasteiger partial charge in [-0.3, -0.25) is 0 Å². The van der Waals surface area contributed by atoms with Crippen LogP contribution in [0, 0.1) is 5.82 Å². The molecule has 1 atom stereocenters. The fourth-order valence-electron chi connectivity index (χ4n) is 4.78. The SMILES string of the molecule is O=C(NC1CCCC1)N1CCc2c([nH]c3ccccc23)[C@@H]1c1ccc(F)cc1. The van der Waals surface area contributed by atoms with E-state index in [0.29, 0.717) is 6.54 Å². The van der Waals surface area contributed by atoms with Gasteiger partial charge in [0.15, 0.2) is 0 Å². The first-order valence-electron chi connectivity index (χ1n) is 10.1. The van der Waals surface area contributed by atoms with Crippen LogP contribution in [0.5, 0.6) is 0 Å². The predicted octanol–water partition coefficient (Wildman–Crippen LogP) is 4.91. The van der Waals surface area contributed by atoms with Gasteiger partial charge in [0.1, 0.15) is 5.82 Å². The van der Waals surface area contributed by atoms with Gasteiger partial charge in [-0.05, 0) is 48.6 Å². The number of H-pyrrole nitrogens is 1. The number of hydrogen-bond acceptors (Lipinski definition) is 1. The van der Waals surface area contributed by atoms with E-state index in [-0.39, 0.29) is 23.9 Å². The van der Waals surface area contributed by atoms with Gasteiger partial charge >= 0.3 is 6.03 Å². The van der Waals surface area contributed by atoms with Crippen molar-refractivity contribution in [3.05, 3.63) is 71.2 Å². The highest BCUT2D eigenvalue weighted by Crippen LogP contribution is 2.38. The van der Waals surface area contributed by atoms with Gasteiger partial charge in [0.25, 0.3) is 0 Å². The minimum atomic E-state index is -0.265. The number of carbonyl (C=O) groups is 1. The van der Waals surface area contributed by atoms with Crippen LogP contribution >= 0.6 is 0 Å². The number of urea groups is 1. The van der Waals surface area contributed by atoms with Gasteiger partial charge < -0.3 is 15.2 Å². The van der Waals surface area contributed by atoms with Gasteiger partial charge in [-0.15, -0.1) is 0 Å². The van der Waals surface area contributed by atoms with Gasteiger partial charge in [0, 0.05) is 29.2 Å². The van der Waals surface area contributed by atoms with Crippen LogP contribution in [-0.2, 0) is 6.42 Å². The lowest BCUT2D eigenvalue weighted by molar-refractivity contribution is 0.175. The molecule has 2 heterocycles. The van der Waals surface area contributed by atoms with Crippen molar-refractivity contribution in [1.82, 2.24) is 15.2 Å². The maximum absolute atomic E-state index is 13.5. The molecule has 1 aliphatic heterocycles. The Kier molecular flexibility index (Phi) is 4.30. The number of fused-ring (bicyclic) bond motifs is 3. The molecule has 5 rings (SSSR count). The van der Waals surface area contributed by atoms with Crippen molar-refractivity contribution in [2.75, 3.05) is 6.54 Å². The molecule has 4 nitrogen and oxygen atoms in total. The van der Waals surface area contributed by atoms with E-state index in [0.717, 1.165) is 36.0 Å². The summed E-state index contributed by atoms with van der Waals surface area (Å²) in [5.41, 5.74) is 4.31. The zero-order chi connectivity index (χ0) is 19.1. The van der Waals surface area contributed by atoms with Gasteiger partial charge in [-0.2, -0.15) is 0 Å². The zero-order valence-corrected chi connectivity index (χ0v) is 15.7. The van der Waals surface area contributed by atoms with Gasteiger partial charge in [-0.1, -0.05) is 43.2 Å². The van der Waals surface area contributed by atoms with Gasteiger partial charge in [-0.25, -0.2) is 9.18 Å². The Balaban J connectivity index is 1.56. The molecule has 1 aromatic heterocycles. The van der Waals surface area contributed by atoms with Crippen LogP contribution < -0.4 is 5.32 Å². The summed E-state index contributed by atoms with van der Waals surface area (Å²) < 4.78 is 13.5. The lowest BCUT2D eigenvalue weighted by Gasteiger charge is -2.37. The second-order valence-electron chi connectivity index (χ2n) is 7.89. The Morgan fingerprint density at radius 1 is 1.07 bits per heavy atom. The molecule has 1 fully saturated rings. The van der Waals surface area contributed by atoms with Crippen LogP contribution in [0.15, 0.2) is 48.5 Å². The number of hydrogen-bond donors (Lipinski definition) is 2. The minimum absolute atomic E-state index is 0.0227. The summed E-state index contributed by atoms with van der Waals surface area (Å²) in [5.74, 6) is -0.265. The molecule has 144 valence electrons. The molecule has 0 bridgehead atoms. The number of aromatic amines is 1. The molecule has 28 heavy (non-hydrogen) atoms. The number of rotatable bonds is 2. The van der Waals surface area contributed by atoms with Gasteiger partial charge in [0.2, 0.25) is 0 Å². The minimum Gasteiger partial charge on any atom is -0.356 e. The second-order valence-corrected chi connectivity index (χ2v) is 7.89. The summed E-state index contributed by atoms with van der Waals surface area (Å²) in [4.78, 5) is 18.6. The quantitative estimate of drug-likeness (QED) is 0.655. The summed E-state index contributed by atoms with van der Waals surface area (Å²) in [6.07, 6.45) is 5.28. The number of amides is 2. The summed E-state index contributed by atoms with van der Waals surface area (Å²) >= 11 is 0. The third kappa shape index (κ3) is 2.95. The fraction of sp³-hybridized carbons (Fsp3) is 0.348. The summed E-state index contributed by atoms with van der Waals surface area (Å²) in [6, 6.07) is 14.8. The highest BCUT2D eigenvalue weighted by atomic mass is 19.1. The largest absolute Gasteiger partial charge is 0.356 e. The monoisotopic (exact) mass is 377 g/mol. The van der Waals surface area contributed by atoms with Crippen LogP contribution in [0.1, 0.15) is 48.5 Å². The van der Waals surface area contributed by atoms with E-state index in [1.807, 2.05) is 17.0 Å². The van der Waals surface area contributed by atoms with Gasteiger partial charge in [0.05, 0.1) is 6.04 Å². The maximum Gasteiger partial charge on any atom is 0.318 e. The van der Waals surface area contributed by atoms with Crippen LogP contribution in [0.2, 0.25) is 0 Å². The van der Waals surface area contributed by atoms with Crippen LogP contribution in [0.4, 0.5) is 9.18 Å². The average Bonchev–Trinajstić information content (AvgIpc) is 3.35. The van der Waals surface area contributed by atoms with Crippen molar-refractivity contribution in [2.24, 2.45) is 0 Å². The smallest absolute Gasteiger partial charge is 0.318 e. The number of para-hydroxylation sites is 1. The molecule has 0 radical (unpaired) electrons. The molecule has 0 unspecified atom stereocenters. The Morgan fingerprint density at radius 3 is 2.61 bits per heavy atom. The number of nitrogens with zero attached hydrogens (tertiary/aromatic N) is 1. The first-order valence-corrected chi connectivity index (χ1v) is 10.1. The lowest BCUT2D eigenvalue weighted by atomic mass is 9.92. The highest BCUT2D eigenvalue weighted by Gasteiger charge is 2.35. The zero-order valence-electron chi connectivity index (χ0n) is 15.7. The first kappa shape index (κ1) is 17.3. The Morgan fingerprint density at radius 2 is 1.82 bits per heavy atom. The summed E-state index contributed by atoms with van der Waals surface area (Å²) in [7, 11) is 0. The molecule has 2 aliphatic rings. The number of benzene rings is 2. The Hall–Kier alpha value is -2.82. The first-order chi connectivity index (χ1) is 13.7. The third-order valence-corrected chi connectivity index (χ3v) is 6.16. The third-order valence-electron chi connectivity index (χ3n) is 6.16. The molecule has 0 saturated heterocycles. The van der Waals surface area contributed by atoms with Crippen molar-refractivity contribution in [1.29, 1.82) is 0 Å². The van der Waals surface area contributed by atoms with E-state index < -0.39 is 0 Å². The molecular formula is C23H24FN3O. The fourth-order valence-corrected chi connectivity index (χ4v) is 4.78. The molecular weight excluding hydrogens is 353 g/mol. The average molecular weight is 377 g/mol. The highest BCUT2D eigenvalue weighted by molar-refractivity contribution is 5.86. The number of nitrogens with one attached hydrogen (secondary N) is 2. The van der Waals surface area contributed by atoms with E-state index in [2.05, 4.69) is 22.4 Å². The Bertz CT molecular complexity index is 1000. The van der Waals surface area contributed by atoms with Crippen molar-refractivity contribution >= 4 is 16.9 Å². The van der Waals surface area contributed by atoms with Crippen molar-refractivity contribution in [3.8, 4) is 0 Å². The van der Waals surface area contributed by atoms with Crippen molar-refractivity contribution in [3.63, 3.8) is 0 Å². The van der Waals surface area contributed by atoms with E-state index >= 15 is 0 Å². The molecule has 1 aliphatic carbocycles. The van der Waals surface area contributed by atoms with E-state index in [1.54, 1.807) is 12.1 Å². The van der Waals surface area contributed by atoms with Crippen LogP contribution in [0.3, 0.4) is 0 Å². The summed E-state index contributed by atoms with van der Waals surface area (Å²) in [5, 5.41) is 4.43. The standard InChI is InChI=1S/C23H24FN3O/c24-16-11-9-15(10-12-16)22-21-19(18-7-3-4-8-20(18)26-21)13-14-27(22)23(28)25-17-5-1-2-6-17/h3-4,7-12,17,22,26H,1-2,5-6,13-14H2,(H,25,28)/t22-/m0/s1. The number of carbonyl (C=O) groups excluding carboxylic acids is 1. The molecule has 2 aromatic carbocycles. The van der Waals surface area contributed by atoms with E-state index in [1.165, 1.54) is 35.9 Å². The normalized spacial score (nSPS) is 19.8. The van der Waals surface area contributed by atoms with Crippen LogP contribution in [-0.4, -0.2) is 28.5 Å². The van der Waals surface area contributed by atoms with Crippen molar-refractivity contribution in [2.45, 2.75) is 44.2 Å². The topological polar surface area (TPSA) is 48.1 Å². The van der Waals surface area contributed by atoms with Crippen molar-refractivity contribution < 1.29 is 9.18 Å². The number of aromatic nitrogens is 1. The Labute approximate surface area is 163 Å². The molecule has 0 spiro atoms. The maximum atomic E-state index is 13.5. The number of halogens is 1. The van der Waals surface area contributed by atoms with Crippen LogP contribution in [0.25, 0.3) is 10.9 Å². The lowest BCUT2D eigenvalue weighted by Crippen LogP contribution is -2.48. The van der Waals surface area contributed by atoms with E-state index in [4.69, 9.17) is 0 Å². The predicted molar refractivity (Wildman–Crippen MR) is 108 cm³/mol. The molecule has 2 N–H and O–H groups in total.